The van der Waals surface area contributed by atoms with E-state index in [1.807, 2.05) is 72.3 Å². The molecule has 4 nitrogen and oxygen atoms in total. The lowest BCUT2D eigenvalue weighted by Crippen LogP contribution is -2.28. The van der Waals surface area contributed by atoms with Crippen molar-refractivity contribution >= 4 is 11.6 Å². The Hall–Kier alpha value is -3.50. The molecule has 1 aliphatic heterocycles. The van der Waals surface area contributed by atoms with Gasteiger partial charge in [-0.2, -0.15) is 5.26 Å². The molecular weight excluding hydrogens is 334 g/mol. The quantitative estimate of drug-likeness (QED) is 0.626. The van der Waals surface area contributed by atoms with E-state index in [0.717, 1.165) is 22.4 Å². The maximum Gasteiger partial charge on any atom is 0.254 e. The van der Waals surface area contributed by atoms with Crippen molar-refractivity contribution in [1.29, 1.82) is 5.26 Å². The molecular formula is C23H21N3O. The maximum absolute atomic E-state index is 12.5. The van der Waals surface area contributed by atoms with Gasteiger partial charge in [-0.15, -0.1) is 0 Å². The van der Waals surface area contributed by atoms with Gasteiger partial charge in [0, 0.05) is 37.0 Å². The lowest BCUT2D eigenvalue weighted by Gasteiger charge is -2.17. The first kappa shape index (κ1) is 18.3. The first-order chi connectivity index (χ1) is 13.1. The molecule has 1 aliphatic rings. The van der Waals surface area contributed by atoms with E-state index in [2.05, 4.69) is 17.9 Å². The van der Waals surface area contributed by atoms with Crippen molar-refractivity contribution < 1.29 is 4.79 Å². The van der Waals surface area contributed by atoms with E-state index in [-0.39, 0.29) is 5.91 Å². The average Bonchev–Trinajstić information content (AvgIpc) is 3.22. The second-order valence-electron chi connectivity index (χ2n) is 6.53. The smallest absolute Gasteiger partial charge is 0.254 e. The van der Waals surface area contributed by atoms with Gasteiger partial charge >= 0.3 is 0 Å². The molecule has 2 aromatic carbocycles. The Morgan fingerprint density at radius 1 is 1.15 bits per heavy atom. The third-order valence-corrected chi connectivity index (χ3v) is 4.53. The lowest BCUT2D eigenvalue weighted by molar-refractivity contribution is 0.0799. The Morgan fingerprint density at radius 3 is 2.63 bits per heavy atom. The SMILES string of the molecule is Cc1cc(C#CCN(C)c2cccc(C#N)c2)ccc1C(=O)N1CC=CC1. The summed E-state index contributed by atoms with van der Waals surface area (Å²) in [5.74, 6) is 6.38. The van der Waals surface area contributed by atoms with Crippen LogP contribution in [0.15, 0.2) is 54.6 Å². The zero-order valence-corrected chi connectivity index (χ0v) is 15.6. The van der Waals surface area contributed by atoms with Gasteiger partial charge in [0.1, 0.15) is 0 Å². The fourth-order valence-electron chi connectivity index (χ4n) is 2.96. The van der Waals surface area contributed by atoms with Crippen LogP contribution in [-0.2, 0) is 0 Å². The molecule has 1 heterocycles. The van der Waals surface area contributed by atoms with Crippen molar-refractivity contribution in [3.05, 3.63) is 76.9 Å². The summed E-state index contributed by atoms with van der Waals surface area (Å²) in [5, 5.41) is 9.00. The molecule has 0 fully saturated rings. The summed E-state index contributed by atoms with van der Waals surface area (Å²) in [4.78, 5) is 16.3. The van der Waals surface area contributed by atoms with E-state index in [4.69, 9.17) is 5.26 Å². The number of nitrogens with zero attached hydrogens (tertiary/aromatic N) is 3. The monoisotopic (exact) mass is 355 g/mol. The summed E-state index contributed by atoms with van der Waals surface area (Å²) in [5.41, 5.74) is 4.15. The number of nitriles is 1. The van der Waals surface area contributed by atoms with E-state index in [1.54, 1.807) is 6.07 Å². The molecule has 27 heavy (non-hydrogen) atoms. The highest BCUT2D eigenvalue weighted by atomic mass is 16.2. The average molecular weight is 355 g/mol. The molecule has 0 saturated carbocycles. The van der Waals surface area contributed by atoms with Gasteiger partial charge in [0.15, 0.2) is 0 Å². The largest absolute Gasteiger partial charge is 0.363 e. The van der Waals surface area contributed by atoms with Gasteiger partial charge in [-0.1, -0.05) is 30.1 Å². The highest BCUT2D eigenvalue weighted by molar-refractivity contribution is 5.96. The zero-order chi connectivity index (χ0) is 19.2. The minimum Gasteiger partial charge on any atom is -0.363 e. The highest BCUT2D eigenvalue weighted by Crippen LogP contribution is 2.16. The Kier molecular flexibility index (Phi) is 5.59. The fourth-order valence-corrected chi connectivity index (χ4v) is 2.96. The molecule has 0 spiro atoms. The molecule has 0 saturated heterocycles. The van der Waals surface area contributed by atoms with E-state index >= 15 is 0 Å². The molecule has 1 amide bonds. The number of benzene rings is 2. The summed E-state index contributed by atoms with van der Waals surface area (Å²) in [6.45, 7) is 3.85. The van der Waals surface area contributed by atoms with Gasteiger partial charge in [-0.3, -0.25) is 4.79 Å². The van der Waals surface area contributed by atoms with E-state index in [9.17, 15) is 4.79 Å². The molecule has 2 aromatic rings. The minimum absolute atomic E-state index is 0.0640. The van der Waals surface area contributed by atoms with Gasteiger partial charge < -0.3 is 9.80 Å². The number of hydrogen-bond donors (Lipinski definition) is 0. The van der Waals surface area contributed by atoms with Gasteiger partial charge in [0.05, 0.1) is 18.2 Å². The van der Waals surface area contributed by atoms with Crippen LogP contribution in [0.4, 0.5) is 5.69 Å². The van der Waals surface area contributed by atoms with Crippen LogP contribution in [0, 0.1) is 30.1 Å². The van der Waals surface area contributed by atoms with Crippen molar-refractivity contribution in [2.75, 3.05) is 31.6 Å². The lowest BCUT2D eigenvalue weighted by atomic mass is 10.0. The molecule has 0 atom stereocenters. The van der Waals surface area contributed by atoms with E-state index in [1.165, 1.54) is 0 Å². The van der Waals surface area contributed by atoms with Crippen molar-refractivity contribution in [2.24, 2.45) is 0 Å². The summed E-state index contributed by atoms with van der Waals surface area (Å²) >= 11 is 0. The molecule has 0 N–H and O–H groups in total. The van der Waals surface area contributed by atoms with Crippen LogP contribution < -0.4 is 4.90 Å². The van der Waals surface area contributed by atoms with Crippen molar-refractivity contribution in [1.82, 2.24) is 4.90 Å². The van der Waals surface area contributed by atoms with Gasteiger partial charge in [0.25, 0.3) is 5.91 Å². The number of amides is 1. The predicted molar refractivity (Wildman–Crippen MR) is 108 cm³/mol. The molecule has 0 aliphatic carbocycles. The van der Waals surface area contributed by atoms with Gasteiger partial charge in [0.2, 0.25) is 0 Å². The number of carbonyl (C=O) groups is 1. The molecule has 134 valence electrons. The third-order valence-electron chi connectivity index (χ3n) is 4.53. The Morgan fingerprint density at radius 2 is 1.93 bits per heavy atom. The summed E-state index contributed by atoms with van der Waals surface area (Å²) < 4.78 is 0. The standard InChI is InChI=1S/C23H21N3O/c1-18-15-19(10-11-22(18)23(27)26-13-3-4-14-26)8-6-12-25(2)21-9-5-7-20(16-21)17-24/h3-5,7,9-11,15-16H,12-14H2,1-2H3. The van der Waals surface area contributed by atoms with Crippen molar-refractivity contribution in [2.45, 2.75) is 6.92 Å². The van der Waals surface area contributed by atoms with Crippen LogP contribution in [0.3, 0.4) is 0 Å². The Bertz CT molecular complexity index is 981. The second kappa shape index (κ2) is 8.25. The van der Waals surface area contributed by atoms with Crippen LogP contribution in [-0.4, -0.2) is 37.5 Å². The van der Waals surface area contributed by atoms with Crippen LogP contribution in [0.1, 0.15) is 27.0 Å². The highest BCUT2D eigenvalue weighted by Gasteiger charge is 2.17. The van der Waals surface area contributed by atoms with Crippen LogP contribution >= 0.6 is 0 Å². The molecule has 3 rings (SSSR count). The number of carbonyl (C=O) groups excluding carboxylic acids is 1. The van der Waals surface area contributed by atoms with Crippen LogP contribution in [0.2, 0.25) is 0 Å². The fraction of sp³-hybridized carbons (Fsp3) is 0.217. The summed E-state index contributed by atoms with van der Waals surface area (Å²) in [6, 6.07) is 15.3. The number of rotatable bonds is 3. The zero-order valence-electron chi connectivity index (χ0n) is 15.6. The van der Waals surface area contributed by atoms with Crippen LogP contribution in [0.25, 0.3) is 0 Å². The normalized spacial score (nSPS) is 12.3. The van der Waals surface area contributed by atoms with Crippen molar-refractivity contribution in [3.8, 4) is 17.9 Å². The van der Waals surface area contributed by atoms with Gasteiger partial charge in [-0.05, 0) is 48.9 Å². The summed E-state index contributed by atoms with van der Waals surface area (Å²) in [6.07, 6.45) is 4.02. The molecule has 0 bridgehead atoms. The van der Waals surface area contributed by atoms with Crippen LogP contribution in [0.5, 0.6) is 0 Å². The number of hydrogen-bond acceptors (Lipinski definition) is 3. The van der Waals surface area contributed by atoms with Gasteiger partial charge in [-0.25, -0.2) is 0 Å². The minimum atomic E-state index is 0.0640. The molecule has 4 heteroatoms. The first-order valence-electron chi connectivity index (χ1n) is 8.83. The topological polar surface area (TPSA) is 47.3 Å². The van der Waals surface area contributed by atoms with Crippen molar-refractivity contribution in [3.63, 3.8) is 0 Å². The van der Waals surface area contributed by atoms with E-state index < -0.39 is 0 Å². The first-order valence-corrected chi connectivity index (χ1v) is 8.83. The molecule has 0 unspecified atom stereocenters. The maximum atomic E-state index is 12.5. The van der Waals surface area contributed by atoms with E-state index in [0.29, 0.717) is 25.2 Å². The predicted octanol–water partition coefficient (Wildman–Crippen LogP) is 3.37. The summed E-state index contributed by atoms with van der Waals surface area (Å²) in [7, 11) is 1.95. The number of aryl methyl sites for hydroxylation is 1. The second-order valence-corrected chi connectivity index (χ2v) is 6.53. The molecule has 0 radical (unpaired) electrons. The molecule has 0 aromatic heterocycles. The Labute approximate surface area is 160 Å². The Balaban J connectivity index is 1.67. The third kappa shape index (κ3) is 4.37. The number of anilines is 1.